The lowest BCUT2D eigenvalue weighted by atomic mass is 9.96. The van der Waals surface area contributed by atoms with Crippen molar-refractivity contribution >= 4 is 155 Å². The molecule has 18 rings (SSSR count). The minimum Gasteiger partial charge on any atom is -0.456 e. The minimum absolute atomic E-state index is 0.875. The molecule has 0 aliphatic heterocycles. The summed E-state index contributed by atoms with van der Waals surface area (Å²) in [7, 11) is 0. The Labute approximate surface area is 594 Å². The first-order chi connectivity index (χ1) is 49.8. The molecule has 490 valence electrons. The van der Waals surface area contributed by atoms with Crippen molar-refractivity contribution in [2.75, 3.05) is 19.6 Å². The molecule has 0 saturated heterocycles. The Morgan fingerprint density at radius 3 is 0.931 bits per heavy atom. The summed E-state index contributed by atoms with van der Waals surface area (Å²) in [6.07, 6.45) is 0. The van der Waals surface area contributed by atoms with Gasteiger partial charge in [-0.05, 0) is 307 Å². The van der Waals surface area contributed by atoms with Crippen molar-refractivity contribution in [2.45, 2.75) is 55.4 Å². The fourth-order valence-electron chi connectivity index (χ4n) is 15.8. The van der Waals surface area contributed by atoms with E-state index in [-0.39, 0.29) is 0 Å². The van der Waals surface area contributed by atoms with Crippen LogP contribution in [-0.4, -0.2) is 0 Å². The summed E-state index contributed by atoms with van der Waals surface area (Å²) in [6.45, 7) is 17.4. The number of hydrogen-bond donors (Lipinski definition) is 0. The third kappa shape index (κ3) is 10.7. The normalized spacial score (nSPS) is 11.7. The number of furan rings is 2. The lowest BCUT2D eigenvalue weighted by molar-refractivity contribution is 0.669. The first-order valence-electron chi connectivity index (χ1n) is 35.3. The van der Waals surface area contributed by atoms with E-state index in [4.69, 9.17) is 8.83 Å². The van der Waals surface area contributed by atoms with Gasteiger partial charge in [-0.2, -0.15) is 0 Å². The van der Waals surface area contributed by atoms with Crippen LogP contribution in [0.25, 0.3) is 98.1 Å². The molecule has 0 unspecified atom stereocenters. The zero-order valence-corrected chi connectivity index (χ0v) is 58.5. The third-order valence-corrected chi connectivity index (χ3v) is 20.8. The summed E-state index contributed by atoms with van der Waals surface area (Å²) in [5.74, 6) is 0. The Morgan fingerprint density at radius 2 is 0.549 bits per heavy atom. The molecular formula is C96H74N4O2. The molecule has 2 heterocycles. The number of hydrogen-bond acceptors (Lipinski definition) is 6. The zero-order chi connectivity index (χ0) is 69.0. The van der Waals surface area contributed by atoms with Gasteiger partial charge in [-0.15, -0.1) is 0 Å². The number of anilines is 12. The van der Waals surface area contributed by atoms with E-state index in [1.165, 1.54) is 50.1 Å². The van der Waals surface area contributed by atoms with Gasteiger partial charge >= 0.3 is 0 Å². The van der Waals surface area contributed by atoms with E-state index in [0.29, 0.717) is 0 Å². The molecule has 0 aliphatic rings. The van der Waals surface area contributed by atoms with Crippen LogP contribution in [0.4, 0.5) is 68.2 Å². The second-order valence-electron chi connectivity index (χ2n) is 27.9. The third-order valence-electron chi connectivity index (χ3n) is 20.8. The molecule has 2 aromatic heterocycles. The fourth-order valence-corrected chi connectivity index (χ4v) is 15.8. The van der Waals surface area contributed by atoms with Gasteiger partial charge < -0.3 is 28.4 Å². The predicted octanol–water partition coefficient (Wildman–Crippen LogP) is 28.1. The van der Waals surface area contributed by atoms with Crippen LogP contribution in [0.2, 0.25) is 0 Å². The van der Waals surface area contributed by atoms with Gasteiger partial charge in [-0.25, -0.2) is 0 Å². The van der Waals surface area contributed by atoms with Gasteiger partial charge in [0.2, 0.25) is 0 Å². The summed E-state index contributed by atoms with van der Waals surface area (Å²) in [5, 5.41) is 13.7. The highest BCUT2D eigenvalue weighted by Crippen LogP contribution is 2.48. The monoisotopic (exact) mass is 1310 g/mol. The van der Waals surface area contributed by atoms with Gasteiger partial charge in [-0.3, -0.25) is 0 Å². The molecule has 0 amide bonds. The largest absolute Gasteiger partial charge is 0.456 e. The van der Waals surface area contributed by atoms with Crippen LogP contribution in [0, 0.1) is 55.4 Å². The molecule has 6 heteroatoms. The van der Waals surface area contributed by atoms with Crippen molar-refractivity contribution in [3.05, 3.63) is 348 Å². The lowest BCUT2D eigenvalue weighted by Gasteiger charge is -2.28. The molecule has 0 N–H and O–H groups in total. The summed E-state index contributed by atoms with van der Waals surface area (Å²) >= 11 is 0. The molecule has 18 aromatic rings. The van der Waals surface area contributed by atoms with Crippen LogP contribution in [0.15, 0.2) is 312 Å². The van der Waals surface area contributed by atoms with Crippen LogP contribution in [0.3, 0.4) is 0 Å². The molecule has 0 fully saturated rings. The van der Waals surface area contributed by atoms with E-state index in [2.05, 4.69) is 378 Å². The smallest absolute Gasteiger partial charge is 0.136 e. The second-order valence-corrected chi connectivity index (χ2v) is 27.9. The van der Waals surface area contributed by atoms with Gasteiger partial charge in [0.1, 0.15) is 22.3 Å². The maximum Gasteiger partial charge on any atom is 0.136 e. The molecule has 0 spiro atoms. The summed E-state index contributed by atoms with van der Waals surface area (Å²) in [4.78, 5) is 9.53. The van der Waals surface area contributed by atoms with E-state index >= 15 is 0 Å². The van der Waals surface area contributed by atoms with Gasteiger partial charge in [0.15, 0.2) is 0 Å². The minimum atomic E-state index is 0.875. The molecule has 0 radical (unpaired) electrons. The lowest BCUT2D eigenvalue weighted by Crippen LogP contribution is -2.11. The Balaban J connectivity index is 0.683. The molecule has 0 aliphatic carbocycles. The Morgan fingerprint density at radius 1 is 0.206 bits per heavy atom. The quantitative estimate of drug-likeness (QED) is 0.115. The van der Waals surface area contributed by atoms with E-state index < -0.39 is 0 Å². The SMILES string of the molecule is Cc1ccc(N(c2cccc(C)c2)c2ccc3c(ccc4oc5ccc6cc(N(c7ccc(C)cc7)c7ccc(-c8ccc(N(c9cccc(C)c9)c9ccc%10c(ccc%11oc%12ccc%13cc(N(c%14cccc(C)c%14)c%14ccccc%14C)ccc%13c%12c%11%10)c9)c(C)c8)c(C)c7)ccc6c5c43)c2)cc1. The molecular weight excluding hydrogens is 1240 g/mol. The van der Waals surface area contributed by atoms with Crippen LogP contribution < -0.4 is 19.6 Å². The number of benzene rings is 16. The van der Waals surface area contributed by atoms with Gasteiger partial charge in [0.05, 0.1) is 0 Å². The van der Waals surface area contributed by atoms with Crippen molar-refractivity contribution in [1.82, 2.24) is 0 Å². The molecule has 0 bridgehead atoms. The average Bonchev–Trinajstić information content (AvgIpc) is 1.55. The van der Waals surface area contributed by atoms with E-state index in [1.54, 1.807) is 0 Å². The van der Waals surface area contributed by atoms with E-state index in [0.717, 1.165) is 161 Å². The van der Waals surface area contributed by atoms with Gasteiger partial charge in [0.25, 0.3) is 0 Å². The Bertz CT molecular complexity index is 6390. The number of rotatable bonds is 13. The van der Waals surface area contributed by atoms with Crippen molar-refractivity contribution in [2.24, 2.45) is 0 Å². The highest BCUT2D eigenvalue weighted by molar-refractivity contribution is 6.28. The molecule has 0 saturated carbocycles. The summed E-state index contributed by atoms with van der Waals surface area (Å²) in [5.41, 5.74) is 28.8. The zero-order valence-electron chi connectivity index (χ0n) is 58.5. The van der Waals surface area contributed by atoms with Crippen molar-refractivity contribution in [3.63, 3.8) is 0 Å². The maximum atomic E-state index is 6.72. The van der Waals surface area contributed by atoms with Crippen LogP contribution in [0.5, 0.6) is 0 Å². The Hall–Kier alpha value is -12.6. The number of fused-ring (bicyclic) bond motifs is 14. The number of aryl methyl sites for hydroxylation is 8. The fraction of sp³-hybridized carbons (Fsp3) is 0.0833. The number of para-hydroxylation sites is 1. The molecule has 0 atom stereocenters. The molecule has 6 nitrogen and oxygen atoms in total. The van der Waals surface area contributed by atoms with Crippen LogP contribution in [-0.2, 0) is 0 Å². The second kappa shape index (κ2) is 24.7. The van der Waals surface area contributed by atoms with Crippen molar-refractivity contribution in [3.8, 4) is 11.1 Å². The van der Waals surface area contributed by atoms with Crippen LogP contribution >= 0.6 is 0 Å². The van der Waals surface area contributed by atoms with E-state index in [9.17, 15) is 0 Å². The predicted molar refractivity (Wildman–Crippen MR) is 433 cm³/mol. The molecule has 102 heavy (non-hydrogen) atoms. The number of nitrogens with zero attached hydrogens (tertiary/aromatic N) is 4. The van der Waals surface area contributed by atoms with Gasteiger partial charge in [0, 0.05) is 89.8 Å². The van der Waals surface area contributed by atoms with E-state index in [1.807, 2.05) is 0 Å². The average molecular weight is 1320 g/mol. The van der Waals surface area contributed by atoms with Crippen LogP contribution in [0.1, 0.15) is 44.5 Å². The van der Waals surface area contributed by atoms with Crippen molar-refractivity contribution in [1.29, 1.82) is 0 Å². The first-order valence-corrected chi connectivity index (χ1v) is 35.3. The topological polar surface area (TPSA) is 39.2 Å². The molecule has 16 aromatic carbocycles. The van der Waals surface area contributed by atoms with Crippen molar-refractivity contribution < 1.29 is 8.83 Å². The first kappa shape index (κ1) is 61.7. The van der Waals surface area contributed by atoms with Gasteiger partial charge in [-0.1, -0.05) is 151 Å². The highest BCUT2D eigenvalue weighted by atomic mass is 16.3. The summed E-state index contributed by atoms with van der Waals surface area (Å²) in [6, 6.07) is 111. The highest BCUT2D eigenvalue weighted by Gasteiger charge is 2.24. The summed E-state index contributed by atoms with van der Waals surface area (Å²) < 4.78 is 13.4. The Kier molecular flexibility index (Phi) is 14.9. The maximum absolute atomic E-state index is 6.72. The standard InChI is InChI=1S/C96H74N4O2/c1-59-22-31-72(32-23-59)97(74-18-11-14-61(3)50-74)78-36-41-83-68(55-78)27-46-89-93(83)94-84-42-37-79(56-69(84)28-47-90(94)101-89)98(73-33-24-60(2)25-34-73)77-35-40-82(65(7)54-77)67-26-45-88(66(8)53-67)100(76-20-13-16-63(5)52-76)81-39-44-86-71(58-81)30-49-92-96(86)95-85-43-38-80(57-70(85)29-48-91(95)102-92)99(75-19-12-15-62(4)51-75)87-21-10-9-17-64(87)6/h9-58H,1-8H3.